The molecule has 0 atom stereocenters. The van der Waals surface area contributed by atoms with Gasteiger partial charge in [0.15, 0.2) is 11.5 Å². The van der Waals surface area contributed by atoms with Gasteiger partial charge < -0.3 is 19.9 Å². The summed E-state index contributed by atoms with van der Waals surface area (Å²) in [5.41, 5.74) is 1.63. The lowest BCUT2D eigenvalue weighted by molar-refractivity contribution is 0.0114. The monoisotopic (exact) mass is 430 g/mol. The first-order valence-corrected chi connectivity index (χ1v) is 11.8. The average molecular weight is 431 g/mol. The Bertz CT molecular complexity index is 816. The molecule has 0 unspecified atom stereocenters. The molecule has 2 aromatic rings. The van der Waals surface area contributed by atoms with Crippen molar-refractivity contribution in [3.8, 4) is 0 Å². The van der Waals surface area contributed by atoms with Crippen LogP contribution in [0.1, 0.15) is 40.5 Å². The van der Waals surface area contributed by atoms with Gasteiger partial charge in [-0.05, 0) is 40.5 Å². The van der Waals surface area contributed by atoms with Gasteiger partial charge in [0.25, 0.3) is 0 Å². The number of imidazole rings is 1. The maximum Gasteiger partial charge on any atom is 0.205 e. The Hall–Kier alpha value is -1.97. The standard InChI is InChI=1S/C22H38N8O/c1-16(2)30(17(3)4)10-7-23-20-19-21(25-15-24-20)27-22(26-19)29-8-5-18(6-9-29)28-11-13-31-14-12-28/h15-18H,5-14H2,1-4H3,(H2,23,24,25,26,27). The first-order valence-electron chi connectivity index (χ1n) is 11.8. The van der Waals surface area contributed by atoms with Gasteiger partial charge in [-0.2, -0.15) is 4.98 Å². The van der Waals surface area contributed by atoms with Crippen LogP contribution < -0.4 is 10.2 Å². The van der Waals surface area contributed by atoms with Crippen LogP contribution in [0.5, 0.6) is 0 Å². The number of H-pyrrole nitrogens is 1. The van der Waals surface area contributed by atoms with Crippen LogP contribution in [0.2, 0.25) is 0 Å². The van der Waals surface area contributed by atoms with Crippen molar-refractivity contribution >= 4 is 22.9 Å². The van der Waals surface area contributed by atoms with E-state index in [0.717, 1.165) is 88.3 Å². The van der Waals surface area contributed by atoms with Crippen molar-refractivity contribution in [3.63, 3.8) is 0 Å². The van der Waals surface area contributed by atoms with E-state index in [1.807, 2.05) is 0 Å². The quantitative estimate of drug-likeness (QED) is 0.659. The SMILES string of the molecule is CC(C)N(CCNc1ncnc2nc(N3CCC(N4CCOCC4)CC3)[nH]c12)C(C)C. The molecule has 9 heteroatoms. The molecule has 2 fully saturated rings. The van der Waals surface area contributed by atoms with Gasteiger partial charge in [0.2, 0.25) is 5.95 Å². The maximum absolute atomic E-state index is 5.50. The normalized spacial score (nSPS) is 19.3. The van der Waals surface area contributed by atoms with Crippen molar-refractivity contribution < 1.29 is 4.74 Å². The van der Waals surface area contributed by atoms with Crippen LogP contribution in [0.3, 0.4) is 0 Å². The Balaban J connectivity index is 1.37. The molecule has 2 aromatic heterocycles. The van der Waals surface area contributed by atoms with Crippen molar-refractivity contribution in [1.29, 1.82) is 0 Å². The molecule has 0 aliphatic carbocycles. The molecule has 0 bridgehead atoms. The third-order valence-corrected chi connectivity index (χ3v) is 6.59. The second kappa shape index (κ2) is 10.1. The number of nitrogens with zero attached hydrogens (tertiary/aromatic N) is 6. The number of morpholine rings is 1. The molecule has 2 saturated heterocycles. The molecule has 2 aliphatic heterocycles. The fourth-order valence-corrected chi connectivity index (χ4v) is 4.90. The minimum Gasteiger partial charge on any atom is -0.379 e. The second-order valence-electron chi connectivity index (χ2n) is 9.20. The zero-order valence-electron chi connectivity index (χ0n) is 19.5. The van der Waals surface area contributed by atoms with Gasteiger partial charge in [-0.3, -0.25) is 9.80 Å². The van der Waals surface area contributed by atoms with E-state index in [4.69, 9.17) is 9.72 Å². The Labute approximate surface area is 185 Å². The maximum atomic E-state index is 5.50. The summed E-state index contributed by atoms with van der Waals surface area (Å²) in [6, 6.07) is 1.70. The summed E-state index contributed by atoms with van der Waals surface area (Å²) in [7, 11) is 0. The van der Waals surface area contributed by atoms with E-state index >= 15 is 0 Å². The highest BCUT2D eigenvalue weighted by Crippen LogP contribution is 2.25. The molecule has 0 radical (unpaired) electrons. The minimum absolute atomic E-state index is 0.520. The predicted octanol–water partition coefficient (Wildman–Crippen LogP) is 2.18. The number of aromatic amines is 1. The molecule has 4 rings (SSSR count). The number of anilines is 2. The lowest BCUT2D eigenvalue weighted by atomic mass is 10.0. The second-order valence-corrected chi connectivity index (χ2v) is 9.20. The number of ether oxygens (including phenoxy) is 1. The lowest BCUT2D eigenvalue weighted by Gasteiger charge is -2.40. The van der Waals surface area contributed by atoms with Crippen LogP contribution >= 0.6 is 0 Å². The largest absolute Gasteiger partial charge is 0.379 e. The number of hydrogen-bond acceptors (Lipinski definition) is 8. The van der Waals surface area contributed by atoms with Crippen LogP contribution in [0, 0.1) is 0 Å². The van der Waals surface area contributed by atoms with Gasteiger partial charge in [-0.1, -0.05) is 0 Å². The molecule has 2 N–H and O–H groups in total. The molecule has 4 heterocycles. The Morgan fingerprint density at radius 1 is 1.10 bits per heavy atom. The minimum atomic E-state index is 0.520. The zero-order chi connectivity index (χ0) is 21.8. The molecule has 0 saturated carbocycles. The summed E-state index contributed by atoms with van der Waals surface area (Å²) >= 11 is 0. The average Bonchev–Trinajstić information content (AvgIpc) is 3.22. The van der Waals surface area contributed by atoms with E-state index in [-0.39, 0.29) is 0 Å². The summed E-state index contributed by atoms with van der Waals surface area (Å²) in [5.74, 6) is 1.74. The van der Waals surface area contributed by atoms with Crippen LogP contribution in [-0.2, 0) is 4.74 Å². The van der Waals surface area contributed by atoms with Crippen molar-refractivity contribution in [2.45, 2.75) is 58.7 Å². The summed E-state index contributed by atoms with van der Waals surface area (Å²) in [5, 5.41) is 3.49. The van der Waals surface area contributed by atoms with Crippen LogP contribution in [-0.4, -0.2) is 100 Å². The smallest absolute Gasteiger partial charge is 0.205 e. The van der Waals surface area contributed by atoms with Gasteiger partial charge in [0.1, 0.15) is 11.8 Å². The fraction of sp³-hybridized carbons (Fsp3) is 0.773. The third-order valence-electron chi connectivity index (χ3n) is 6.59. The van der Waals surface area contributed by atoms with Crippen molar-refractivity contribution in [1.82, 2.24) is 29.7 Å². The molecule has 0 aromatic carbocycles. The highest BCUT2D eigenvalue weighted by atomic mass is 16.5. The molecular formula is C22H38N8O. The topological polar surface area (TPSA) is 85.4 Å². The Morgan fingerprint density at radius 3 is 2.48 bits per heavy atom. The van der Waals surface area contributed by atoms with Gasteiger partial charge in [0.05, 0.1) is 13.2 Å². The molecule has 31 heavy (non-hydrogen) atoms. The van der Waals surface area contributed by atoms with Gasteiger partial charge in [0, 0.05) is 57.4 Å². The van der Waals surface area contributed by atoms with Crippen LogP contribution in [0.15, 0.2) is 6.33 Å². The number of piperidine rings is 1. The van der Waals surface area contributed by atoms with E-state index in [1.165, 1.54) is 0 Å². The number of aromatic nitrogens is 4. The molecule has 0 amide bonds. The molecular weight excluding hydrogens is 392 g/mol. The highest BCUT2D eigenvalue weighted by molar-refractivity contribution is 5.84. The number of rotatable bonds is 8. The summed E-state index contributed by atoms with van der Waals surface area (Å²) in [6.45, 7) is 16.6. The number of fused-ring (bicyclic) bond motifs is 1. The molecule has 0 spiro atoms. The highest BCUT2D eigenvalue weighted by Gasteiger charge is 2.27. The van der Waals surface area contributed by atoms with Crippen molar-refractivity contribution in [3.05, 3.63) is 6.33 Å². The van der Waals surface area contributed by atoms with Crippen LogP contribution in [0.4, 0.5) is 11.8 Å². The van der Waals surface area contributed by atoms with Crippen LogP contribution in [0.25, 0.3) is 11.2 Å². The first-order chi connectivity index (χ1) is 15.0. The van der Waals surface area contributed by atoms with Gasteiger partial charge in [-0.15, -0.1) is 0 Å². The summed E-state index contributed by atoms with van der Waals surface area (Å²) < 4.78 is 5.50. The Kier molecular flexibility index (Phi) is 7.24. The summed E-state index contributed by atoms with van der Waals surface area (Å²) in [4.78, 5) is 24.5. The van der Waals surface area contributed by atoms with Crippen molar-refractivity contribution in [2.75, 3.05) is 62.7 Å². The lowest BCUT2D eigenvalue weighted by Crippen LogP contribution is -2.49. The number of hydrogen-bond donors (Lipinski definition) is 2. The number of nitrogens with one attached hydrogen (secondary N) is 2. The van der Waals surface area contributed by atoms with E-state index < -0.39 is 0 Å². The predicted molar refractivity (Wildman–Crippen MR) is 125 cm³/mol. The Morgan fingerprint density at radius 2 is 1.81 bits per heavy atom. The van der Waals surface area contributed by atoms with Gasteiger partial charge in [-0.25, -0.2) is 9.97 Å². The summed E-state index contributed by atoms with van der Waals surface area (Å²) in [6.07, 6.45) is 3.92. The van der Waals surface area contributed by atoms with E-state index in [2.05, 4.69) is 62.7 Å². The van der Waals surface area contributed by atoms with Gasteiger partial charge >= 0.3 is 0 Å². The van der Waals surface area contributed by atoms with E-state index in [0.29, 0.717) is 18.1 Å². The third kappa shape index (κ3) is 5.27. The molecule has 172 valence electrons. The molecule has 9 nitrogen and oxygen atoms in total. The van der Waals surface area contributed by atoms with E-state index in [1.54, 1.807) is 6.33 Å². The zero-order valence-corrected chi connectivity index (χ0v) is 19.5. The first kappa shape index (κ1) is 22.2. The van der Waals surface area contributed by atoms with Crippen molar-refractivity contribution in [2.24, 2.45) is 0 Å². The molecule has 2 aliphatic rings. The fourth-order valence-electron chi connectivity index (χ4n) is 4.90. The van der Waals surface area contributed by atoms with E-state index in [9.17, 15) is 0 Å².